The number of carbonyl (C=O) groups excluding carboxylic acids is 1. The molecule has 2 aromatic carbocycles. The van der Waals surface area contributed by atoms with Crippen molar-refractivity contribution >= 4 is 44.8 Å². The average molecular weight is 461 g/mol. The molecule has 0 radical (unpaired) electrons. The van der Waals surface area contributed by atoms with Crippen LogP contribution in [0.25, 0.3) is 0 Å². The van der Waals surface area contributed by atoms with Crippen molar-refractivity contribution in [3.63, 3.8) is 0 Å². The second-order valence-electron chi connectivity index (χ2n) is 6.12. The fraction of sp³-hybridized carbons (Fsp3) is 0.316. The molecule has 0 bridgehead atoms. The lowest BCUT2D eigenvalue weighted by Gasteiger charge is -2.29. The predicted octanol–water partition coefficient (Wildman–Crippen LogP) is 3.35. The SMILES string of the molecule is COc1ccccc1OCCNC(=O)[C@H](C)N(c1cc(Cl)ccc1Cl)S(C)(=O)=O. The van der Waals surface area contributed by atoms with E-state index in [0.29, 0.717) is 16.5 Å². The Morgan fingerprint density at radius 2 is 1.83 bits per heavy atom. The van der Waals surface area contributed by atoms with Crippen molar-refractivity contribution in [2.75, 3.05) is 30.8 Å². The summed E-state index contributed by atoms with van der Waals surface area (Å²) in [6.07, 6.45) is 0.999. The van der Waals surface area contributed by atoms with Crippen LogP contribution in [0.5, 0.6) is 11.5 Å². The van der Waals surface area contributed by atoms with Crippen molar-refractivity contribution < 1.29 is 22.7 Å². The van der Waals surface area contributed by atoms with Crippen LogP contribution in [0.15, 0.2) is 42.5 Å². The van der Waals surface area contributed by atoms with Gasteiger partial charge in [0.05, 0.1) is 30.6 Å². The highest BCUT2D eigenvalue weighted by Gasteiger charge is 2.30. The van der Waals surface area contributed by atoms with Crippen LogP contribution in [0.1, 0.15) is 6.92 Å². The molecule has 0 aromatic heterocycles. The lowest BCUT2D eigenvalue weighted by atomic mass is 10.2. The lowest BCUT2D eigenvalue weighted by molar-refractivity contribution is -0.121. The maximum atomic E-state index is 12.6. The number of sulfonamides is 1. The van der Waals surface area contributed by atoms with E-state index in [-0.39, 0.29) is 23.9 Å². The van der Waals surface area contributed by atoms with Crippen LogP contribution in [0, 0.1) is 0 Å². The van der Waals surface area contributed by atoms with E-state index < -0.39 is 22.0 Å². The second kappa shape index (κ2) is 10.0. The Morgan fingerprint density at radius 1 is 1.17 bits per heavy atom. The van der Waals surface area contributed by atoms with Gasteiger partial charge in [-0.1, -0.05) is 35.3 Å². The van der Waals surface area contributed by atoms with E-state index in [0.717, 1.165) is 10.6 Å². The van der Waals surface area contributed by atoms with E-state index >= 15 is 0 Å². The molecule has 0 spiro atoms. The minimum Gasteiger partial charge on any atom is -0.493 e. The first kappa shape index (κ1) is 23.1. The topological polar surface area (TPSA) is 84.9 Å². The number of nitrogens with one attached hydrogen (secondary N) is 1. The molecule has 1 atom stereocenters. The molecule has 0 heterocycles. The number of ether oxygens (including phenoxy) is 2. The Bertz CT molecular complexity index is 969. The fourth-order valence-electron chi connectivity index (χ4n) is 2.66. The van der Waals surface area contributed by atoms with E-state index in [2.05, 4.69) is 5.32 Å². The molecule has 0 saturated carbocycles. The summed E-state index contributed by atoms with van der Waals surface area (Å²) in [6, 6.07) is 10.5. The number of carbonyl (C=O) groups is 1. The molecular formula is C19H22Cl2N2O5S. The minimum absolute atomic E-state index is 0.134. The molecule has 0 aliphatic heterocycles. The smallest absolute Gasteiger partial charge is 0.243 e. The van der Waals surface area contributed by atoms with Gasteiger partial charge in [0.2, 0.25) is 15.9 Å². The maximum absolute atomic E-state index is 12.6. The molecule has 1 amide bonds. The summed E-state index contributed by atoms with van der Waals surface area (Å²) >= 11 is 12.1. The zero-order chi connectivity index (χ0) is 21.6. The third-order valence-electron chi connectivity index (χ3n) is 3.96. The Kier molecular flexibility index (Phi) is 8.01. The first-order valence-electron chi connectivity index (χ1n) is 8.63. The Labute approximate surface area is 180 Å². The maximum Gasteiger partial charge on any atom is 0.243 e. The first-order chi connectivity index (χ1) is 13.6. The standard InChI is InChI=1S/C19H22Cl2N2O5S/c1-13(23(29(3,25)26)16-12-14(20)8-9-15(16)21)19(24)22-10-11-28-18-7-5-4-6-17(18)27-2/h4-9,12-13H,10-11H2,1-3H3,(H,22,24)/t13-/m0/s1. The van der Waals surface area contributed by atoms with Gasteiger partial charge in [-0.25, -0.2) is 8.42 Å². The molecule has 29 heavy (non-hydrogen) atoms. The third kappa shape index (κ3) is 6.16. The lowest BCUT2D eigenvalue weighted by Crippen LogP contribution is -2.48. The summed E-state index contributed by atoms with van der Waals surface area (Å²) < 4.78 is 36.4. The molecule has 0 saturated heterocycles. The molecule has 7 nitrogen and oxygen atoms in total. The Morgan fingerprint density at radius 3 is 2.45 bits per heavy atom. The highest BCUT2D eigenvalue weighted by atomic mass is 35.5. The molecule has 2 aromatic rings. The van der Waals surface area contributed by atoms with Crippen molar-refractivity contribution in [1.29, 1.82) is 0 Å². The largest absolute Gasteiger partial charge is 0.493 e. The summed E-state index contributed by atoms with van der Waals surface area (Å²) in [7, 11) is -2.27. The molecule has 158 valence electrons. The van der Waals surface area contributed by atoms with E-state index in [9.17, 15) is 13.2 Å². The molecule has 2 rings (SSSR count). The van der Waals surface area contributed by atoms with Gasteiger partial charge in [0.1, 0.15) is 12.6 Å². The molecule has 0 unspecified atom stereocenters. The number of anilines is 1. The van der Waals surface area contributed by atoms with Crippen LogP contribution in [-0.2, 0) is 14.8 Å². The summed E-state index contributed by atoms with van der Waals surface area (Å²) in [5.41, 5.74) is 0.134. The molecule has 10 heteroatoms. The second-order valence-corrected chi connectivity index (χ2v) is 8.82. The summed E-state index contributed by atoms with van der Waals surface area (Å²) in [6.45, 7) is 1.81. The van der Waals surface area contributed by atoms with Gasteiger partial charge < -0.3 is 14.8 Å². The van der Waals surface area contributed by atoms with E-state index in [1.807, 2.05) is 6.07 Å². The number of hydrogen-bond donors (Lipinski definition) is 1. The van der Waals surface area contributed by atoms with Gasteiger partial charge in [-0.05, 0) is 37.3 Å². The van der Waals surface area contributed by atoms with Crippen molar-refractivity contribution in [2.24, 2.45) is 0 Å². The highest BCUT2D eigenvalue weighted by molar-refractivity contribution is 7.92. The van der Waals surface area contributed by atoms with Crippen molar-refractivity contribution in [2.45, 2.75) is 13.0 Å². The normalized spacial score (nSPS) is 12.2. The number of halogens is 2. The van der Waals surface area contributed by atoms with Crippen molar-refractivity contribution in [3.8, 4) is 11.5 Å². The van der Waals surface area contributed by atoms with Crippen LogP contribution in [0.2, 0.25) is 10.0 Å². The molecule has 0 fully saturated rings. The van der Waals surface area contributed by atoms with Gasteiger partial charge in [0.15, 0.2) is 11.5 Å². The quantitative estimate of drug-likeness (QED) is 0.579. The van der Waals surface area contributed by atoms with Crippen LogP contribution in [0.4, 0.5) is 5.69 Å². The molecule has 1 N–H and O–H groups in total. The summed E-state index contributed by atoms with van der Waals surface area (Å²) in [5.74, 6) is 0.613. The number of nitrogens with zero attached hydrogens (tertiary/aromatic N) is 1. The van der Waals surface area contributed by atoms with E-state index in [4.69, 9.17) is 32.7 Å². The number of methoxy groups -OCH3 is 1. The predicted molar refractivity (Wildman–Crippen MR) is 115 cm³/mol. The van der Waals surface area contributed by atoms with Crippen molar-refractivity contribution in [3.05, 3.63) is 52.5 Å². The number of amides is 1. The monoisotopic (exact) mass is 460 g/mol. The van der Waals surface area contributed by atoms with Crippen LogP contribution in [0.3, 0.4) is 0 Å². The number of para-hydroxylation sites is 2. The summed E-state index contributed by atoms with van der Waals surface area (Å²) in [5, 5.41) is 3.13. The average Bonchev–Trinajstić information content (AvgIpc) is 2.67. The zero-order valence-corrected chi connectivity index (χ0v) is 18.5. The first-order valence-corrected chi connectivity index (χ1v) is 11.2. The van der Waals surface area contributed by atoms with E-state index in [1.54, 1.807) is 18.2 Å². The van der Waals surface area contributed by atoms with Gasteiger partial charge in [-0.15, -0.1) is 0 Å². The number of hydrogen-bond acceptors (Lipinski definition) is 5. The van der Waals surface area contributed by atoms with Crippen LogP contribution in [-0.4, -0.2) is 46.9 Å². The van der Waals surface area contributed by atoms with Crippen molar-refractivity contribution in [1.82, 2.24) is 5.32 Å². The number of benzene rings is 2. The Balaban J connectivity index is 2.05. The fourth-order valence-corrected chi connectivity index (χ4v) is 4.26. The zero-order valence-electron chi connectivity index (χ0n) is 16.2. The van der Waals surface area contributed by atoms with Gasteiger partial charge >= 0.3 is 0 Å². The van der Waals surface area contributed by atoms with Gasteiger partial charge in [-0.2, -0.15) is 0 Å². The van der Waals surface area contributed by atoms with Crippen LogP contribution >= 0.6 is 23.2 Å². The molecular weight excluding hydrogens is 439 g/mol. The van der Waals surface area contributed by atoms with Gasteiger partial charge in [0, 0.05) is 5.02 Å². The third-order valence-corrected chi connectivity index (χ3v) is 5.74. The highest BCUT2D eigenvalue weighted by Crippen LogP contribution is 2.32. The Hall–Kier alpha value is -2.16. The van der Waals surface area contributed by atoms with Gasteiger partial charge in [-0.3, -0.25) is 9.10 Å². The molecule has 0 aliphatic carbocycles. The number of rotatable bonds is 9. The molecule has 0 aliphatic rings. The van der Waals surface area contributed by atoms with Gasteiger partial charge in [0.25, 0.3) is 0 Å². The minimum atomic E-state index is -3.80. The van der Waals surface area contributed by atoms with E-state index in [1.165, 1.54) is 32.2 Å². The van der Waals surface area contributed by atoms with Crippen LogP contribution < -0.4 is 19.1 Å². The summed E-state index contributed by atoms with van der Waals surface area (Å²) in [4.78, 5) is 12.6.